The lowest BCUT2D eigenvalue weighted by molar-refractivity contribution is -0.123. The van der Waals surface area contributed by atoms with Gasteiger partial charge in [0, 0.05) is 23.6 Å². The molecular weight excluding hydrogens is 823 g/mol. The maximum atomic E-state index is 13.9. The Labute approximate surface area is 383 Å². The van der Waals surface area contributed by atoms with E-state index in [9.17, 15) is 14.4 Å². The highest BCUT2D eigenvalue weighted by Gasteiger charge is 2.30. The average Bonchev–Trinajstić information content (AvgIpc) is 3.59. The summed E-state index contributed by atoms with van der Waals surface area (Å²) < 4.78 is 24.2. The number of benzene rings is 6. The standard InChI is InChI=1S/C53H59N3O7.H2S/c1-35(2)29-32-60-46-27-25-36-16-6-8-18-38(36)48(46)49-39-19-9-7-17-37(39)26-28-47(49)61-33-31-54-50(57)45(24-14-15-30-55-51(58)63-53(3,4)5)56-52(59)62-34-44-42-22-12-10-20-40(42)41-21-11-13-23-43(41)44;/h6-13,16-23,25-28,35,44-45H,14-15,24,29-34H2,1-5H3,(H,54,57)(H,55,58)(H,56,59);1H2/t45-;/m1./s1. The number of hydrogen-bond donors (Lipinski definition) is 3. The van der Waals surface area contributed by atoms with E-state index in [2.05, 4.69) is 84.4 Å². The molecule has 0 aromatic heterocycles. The first-order valence-corrected chi connectivity index (χ1v) is 22.1. The van der Waals surface area contributed by atoms with Crippen LogP contribution in [0.1, 0.15) is 77.3 Å². The maximum Gasteiger partial charge on any atom is 0.407 e. The fraction of sp³-hybridized carbons (Fsp3) is 0.340. The number of carbonyl (C=O) groups is 3. The molecule has 0 heterocycles. The molecule has 1 aliphatic carbocycles. The summed E-state index contributed by atoms with van der Waals surface area (Å²) in [6.45, 7) is 11.2. The lowest BCUT2D eigenvalue weighted by Gasteiger charge is -2.21. The first kappa shape index (κ1) is 47.3. The number of carbonyl (C=O) groups excluding carboxylic acids is 3. The smallest absolute Gasteiger partial charge is 0.407 e. The second kappa shape index (κ2) is 21.9. The lowest BCUT2D eigenvalue weighted by atomic mass is 9.92. The molecule has 11 heteroatoms. The van der Waals surface area contributed by atoms with E-state index in [1.54, 1.807) is 0 Å². The Kier molecular flexibility index (Phi) is 16.2. The van der Waals surface area contributed by atoms with Crippen molar-refractivity contribution in [2.75, 3.05) is 32.9 Å². The highest BCUT2D eigenvalue weighted by Crippen LogP contribution is 2.46. The van der Waals surface area contributed by atoms with Crippen LogP contribution in [0, 0.1) is 5.92 Å². The normalized spacial score (nSPS) is 12.5. The molecule has 1 atom stereocenters. The van der Waals surface area contributed by atoms with E-state index < -0.39 is 23.8 Å². The second-order valence-electron chi connectivity index (χ2n) is 17.4. The topological polar surface area (TPSA) is 124 Å². The van der Waals surface area contributed by atoms with Gasteiger partial charge < -0.3 is 34.9 Å². The average molecular weight is 884 g/mol. The van der Waals surface area contributed by atoms with Crippen LogP contribution in [0.5, 0.6) is 11.5 Å². The van der Waals surface area contributed by atoms with Crippen molar-refractivity contribution in [1.82, 2.24) is 16.0 Å². The molecule has 0 saturated heterocycles. The molecule has 0 bridgehead atoms. The molecule has 3 N–H and O–H groups in total. The van der Waals surface area contributed by atoms with Crippen LogP contribution >= 0.6 is 13.5 Å². The van der Waals surface area contributed by atoms with Crippen molar-refractivity contribution in [2.24, 2.45) is 5.92 Å². The summed E-state index contributed by atoms with van der Waals surface area (Å²) in [5.41, 5.74) is 5.73. The van der Waals surface area contributed by atoms with Gasteiger partial charge in [0.05, 0.1) is 13.2 Å². The molecule has 0 fully saturated rings. The van der Waals surface area contributed by atoms with Crippen molar-refractivity contribution < 1.29 is 33.3 Å². The van der Waals surface area contributed by atoms with Gasteiger partial charge in [-0.05, 0) is 108 Å². The molecule has 0 radical (unpaired) electrons. The SMILES string of the molecule is CC(C)CCOc1ccc2ccccc2c1-c1c(OCCNC(=O)[C@@H](CCCCNC(=O)OC(C)(C)C)NC(=O)OCC2c3ccccc3-c3ccccc32)ccc2ccccc12.S. The fourth-order valence-electron chi connectivity index (χ4n) is 8.15. The maximum absolute atomic E-state index is 13.9. The quantitative estimate of drug-likeness (QED) is 0.0734. The third-order valence-electron chi connectivity index (χ3n) is 11.2. The van der Waals surface area contributed by atoms with E-state index in [1.807, 2.05) is 87.5 Å². The summed E-state index contributed by atoms with van der Waals surface area (Å²) in [6, 6.07) is 40.1. The molecule has 0 saturated carbocycles. The van der Waals surface area contributed by atoms with E-state index in [0.29, 0.717) is 44.1 Å². The summed E-state index contributed by atoms with van der Waals surface area (Å²) in [6.07, 6.45) is 1.18. The van der Waals surface area contributed by atoms with Gasteiger partial charge in [0.25, 0.3) is 0 Å². The first-order valence-electron chi connectivity index (χ1n) is 22.1. The molecule has 7 rings (SSSR count). The van der Waals surface area contributed by atoms with Gasteiger partial charge in [0.15, 0.2) is 0 Å². The van der Waals surface area contributed by atoms with E-state index in [-0.39, 0.29) is 45.1 Å². The zero-order chi connectivity index (χ0) is 44.3. The monoisotopic (exact) mass is 883 g/mol. The Morgan fingerprint density at radius 1 is 0.609 bits per heavy atom. The summed E-state index contributed by atoms with van der Waals surface area (Å²) in [7, 11) is 0. The van der Waals surface area contributed by atoms with Crippen LogP contribution < -0.4 is 25.4 Å². The van der Waals surface area contributed by atoms with E-state index in [1.165, 1.54) is 0 Å². The number of rotatable bonds is 18. The van der Waals surface area contributed by atoms with Gasteiger partial charge in [-0.15, -0.1) is 0 Å². The molecule has 64 heavy (non-hydrogen) atoms. The number of amides is 3. The summed E-state index contributed by atoms with van der Waals surface area (Å²) in [5, 5.41) is 12.8. The molecule has 0 spiro atoms. The minimum Gasteiger partial charge on any atom is -0.493 e. The van der Waals surface area contributed by atoms with Gasteiger partial charge in [-0.1, -0.05) is 123 Å². The molecule has 0 unspecified atom stereocenters. The molecule has 1 aliphatic rings. The Hall–Kier alpha value is -6.20. The van der Waals surface area contributed by atoms with E-state index >= 15 is 0 Å². The number of unbranched alkanes of at least 4 members (excludes halogenated alkanes) is 1. The van der Waals surface area contributed by atoms with Crippen molar-refractivity contribution in [2.45, 2.75) is 77.9 Å². The van der Waals surface area contributed by atoms with Crippen LogP contribution in [0.15, 0.2) is 121 Å². The molecule has 6 aromatic carbocycles. The summed E-state index contributed by atoms with van der Waals surface area (Å²) in [5.74, 6) is 1.46. The highest BCUT2D eigenvalue weighted by molar-refractivity contribution is 7.59. The van der Waals surface area contributed by atoms with Crippen molar-refractivity contribution >= 4 is 53.1 Å². The fourth-order valence-corrected chi connectivity index (χ4v) is 8.15. The van der Waals surface area contributed by atoms with Crippen molar-refractivity contribution in [3.63, 3.8) is 0 Å². The zero-order valence-electron chi connectivity index (χ0n) is 37.5. The third kappa shape index (κ3) is 11.9. The van der Waals surface area contributed by atoms with Gasteiger partial charge in [-0.25, -0.2) is 9.59 Å². The predicted molar refractivity (Wildman–Crippen MR) is 261 cm³/mol. The van der Waals surface area contributed by atoms with Crippen molar-refractivity contribution in [1.29, 1.82) is 0 Å². The van der Waals surface area contributed by atoms with Gasteiger partial charge >= 0.3 is 12.2 Å². The first-order chi connectivity index (χ1) is 30.5. The van der Waals surface area contributed by atoms with Crippen molar-refractivity contribution in [3.8, 4) is 33.8 Å². The van der Waals surface area contributed by atoms with Crippen LogP contribution in [0.3, 0.4) is 0 Å². The summed E-state index contributed by atoms with van der Waals surface area (Å²) in [4.78, 5) is 39.5. The van der Waals surface area contributed by atoms with Crippen LogP contribution in [-0.2, 0) is 14.3 Å². The van der Waals surface area contributed by atoms with Crippen LogP contribution in [-0.4, -0.2) is 62.6 Å². The number of ether oxygens (including phenoxy) is 4. The minimum absolute atomic E-state index is 0. The Balaban J connectivity index is 0.00000680. The molecule has 10 nitrogen and oxygen atoms in total. The number of nitrogens with one attached hydrogen (secondary N) is 3. The second-order valence-corrected chi connectivity index (χ2v) is 17.4. The molecule has 6 aromatic rings. The zero-order valence-corrected chi connectivity index (χ0v) is 38.5. The van der Waals surface area contributed by atoms with Gasteiger partial charge in [0.1, 0.15) is 36.4 Å². The van der Waals surface area contributed by atoms with Gasteiger partial charge in [-0.3, -0.25) is 4.79 Å². The van der Waals surface area contributed by atoms with Gasteiger partial charge in [0.2, 0.25) is 5.91 Å². The molecule has 3 amide bonds. The Morgan fingerprint density at radius 3 is 1.73 bits per heavy atom. The largest absolute Gasteiger partial charge is 0.493 e. The van der Waals surface area contributed by atoms with Crippen LogP contribution in [0.4, 0.5) is 9.59 Å². The minimum atomic E-state index is -0.889. The number of hydrogen-bond acceptors (Lipinski definition) is 7. The van der Waals surface area contributed by atoms with Gasteiger partial charge in [-0.2, -0.15) is 13.5 Å². The molecular formula is C53H61N3O7S. The number of fused-ring (bicyclic) bond motifs is 5. The Bertz CT molecular complexity index is 2510. The molecule has 336 valence electrons. The van der Waals surface area contributed by atoms with Crippen molar-refractivity contribution in [3.05, 3.63) is 132 Å². The van der Waals surface area contributed by atoms with E-state index in [0.717, 1.165) is 67.1 Å². The van der Waals surface area contributed by atoms with E-state index in [4.69, 9.17) is 18.9 Å². The predicted octanol–water partition coefficient (Wildman–Crippen LogP) is 11.3. The Morgan fingerprint density at radius 2 is 1.16 bits per heavy atom. The molecule has 0 aliphatic heterocycles. The summed E-state index contributed by atoms with van der Waals surface area (Å²) >= 11 is 0. The van der Waals surface area contributed by atoms with Crippen LogP contribution in [0.2, 0.25) is 0 Å². The third-order valence-corrected chi connectivity index (χ3v) is 11.2. The van der Waals surface area contributed by atoms with Crippen LogP contribution in [0.25, 0.3) is 43.8 Å². The highest BCUT2D eigenvalue weighted by atomic mass is 32.1. The number of alkyl carbamates (subject to hydrolysis) is 2. The lowest BCUT2D eigenvalue weighted by Crippen LogP contribution is -2.48.